The maximum Gasteiger partial charge on any atom is 0.379 e. The van der Waals surface area contributed by atoms with Crippen LogP contribution >= 0.6 is 11.6 Å². The molecule has 0 aliphatic heterocycles. The number of rotatable bonds is 4. The Balaban J connectivity index is 3.05. The predicted octanol–water partition coefficient (Wildman–Crippen LogP) is 2.15. The van der Waals surface area contributed by atoms with Crippen molar-refractivity contribution in [3.05, 3.63) is 28.8 Å². The average molecular weight is 256 g/mol. The van der Waals surface area contributed by atoms with Crippen molar-refractivity contribution in [2.75, 3.05) is 25.6 Å². The molecule has 1 aromatic carbocycles. The zero-order valence-electron chi connectivity index (χ0n) is 9.99. The summed E-state index contributed by atoms with van der Waals surface area (Å²) < 4.78 is 4.65. The van der Waals surface area contributed by atoms with Crippen LogP contribution in [0.25, 0.3) is 0 Å². The molecule has 0 bridgehead atoms. The van der Waals surface area contributed by atoms with E-state index in [1.165, 1.54) is 6.07 Å². The van der Waals surface area contributed by atoms with E-state index >= 15 is 0 Å². The van der Waals surface area contributed by atoms with Crippen molar-refractivity contribution >= 4 is 29.0 Å². The number of benzene rings is 1. The van der Waals surface area contributed by atoms with Crippen molar-refractivity contribution < 1.29 is 14.3 Å². The molecule has 0 aliphatic rings. The first-order chi connectivity index (χ1) is 7.95. The van der Waals surface area contributed by atoms with E-state index < -0.39 is 11.8 Å². The Hall–Kier alpha value is -1.55. The first kappa shape index (κ1) is 13.5. The predicted molar refractivity (Wildman–Crippen MR) is 66.7 cm³/mol. The Morgan fingerprint density at radius 3 is 2.47 bits per heavy atom. The van der Waals surface area contributed by atoms with Crippen LogP contribution in [0.15, 0.2) is 18.2 Å². The van der Waals surface area contributed by atoms with Gasteiger partial charge in [0.1, 0.15) is 0 Å². The molecule has 4 nitrogen and oxygen atoms in total. The molecule has 0 unspecified atom stereocenters. The van der Waals surface area contributed by atoms with Crippen molar-refractivity contribution in [1.82, 2.24) is 0 Å². The third-order valence-corrected chi connectivity index (χ3v) is 2.34. The van der Waals surface area contributed by atoms with Crippen LogP contribution in [0.1, 0.15) is 17.3 Å². The van der Waals surface area contributed by atoms with E-state index in [-0.39, 0.29) is 12.2 Å². The Kier molecular flexibility index (Phi) is 4.52. The second-order valence-corrected chi connectivity index (χ2v) is 4.08. The molecular formula is C12H14ClNO3. The highest BCUT2D eigenvalue weighted by molar-refractivity contribution is 6.41. The van der Waals surface area contributed by atoms with Crippen LogP contribution in [0.3, 0.4) is 0 Å². The van der Waals surface area contributed by atoms with Crippen molar-refractivity contribution in [1.29, 1.82) is 0 Å². The van der Waals surface area contributed by atoms with Gasteiger partial charge in [-0.15, -0.1) is 0 Å². The molecule has 0 saturated heterocycles. The van der Waals surface area contributed by atoms with Gasteiger partial charge in [0.25, 0.3) is 5.78 Å². The fourth-order valence-electron chi connectivity index (χ4n) is 1.28. The number of ketones is 1. The summed E-state index contributed by atoms with van der Waals surface area (Å²) in [6.07, 6.45) is 0. The fourth-order valence-corrected chi connectivity index (χ4v) is 1.51. The maximum absolute atomic E-state index is 11.7. The van der Waals surface area contributed by atoms with E-state index in [2.05, 4.69) is 4.74 Å². The minimum Gasteiger partial charge on any atom is -0.460 e. The van der Waals surface area contributed by atoms with Crippen molar-refractivity contribution in [2.24, 2.45) is 0 Å². The molecule has 0 amide bonds. The first-order valence-corrected chi connectivity index (χ1v) is 5.53. The van der Waals surface area contributed by atoms with Gasteiger partial charge in [-0.05, 0) is 25.1 Å². The lowest BCUT2D eigenvalue weighted by atomic mass is 10.1. The summed E-state index contributed by atoms with van der Waals surface area (Å²) in [5.74, 6) is -1.54. The highest BCUT2D eigenvalue weighted by Gasteiger charge is 2.18. The van der Waals surface area contributed by atoms with Crippen molar-refractivity contribution in [2.45, 2.75) is 6.92 Å². The number of halogens is 1. The van der Waals surface area contributed by atoms with Crippen LogP contribution in [0, 0.1) is 0 Å². The highest BCUT2D eigenvalue weighted by atomic mass is 35.5. The number of anilines is 1. The van der Waals surface area contributed by atoms with Gasteiger partial charge in [-0.1, -0.05) is 11.6 Å². The number of hydrogen-bond acceptors (Lipinski definition) is 4. The molecule has 1 rings (SSSR count). The molecule has 92 valence electrons. The smallest absolute Gasteiger partial charge is 0.379 e. The van der Waals surface area contributed by atoms with Gasteiger partial charge in [-0.3, -0.25) is 4.79 Å². The molecule has 0 saturated carbocycles. The topological polar surface area (TPSA) is 46.6 Å². The van der Waals surface area contributed by atoms with Gasteiger partial charge in [0, 0.05) is 30.4 Å². The molecule has 0 N–H and O–H groups in total. The molecule has 1 aromatic rings. The monoisotopic (exact) mass is 255 g/mol. The maximum atomic E-state index is 11.7. The number of carbonyl (C=O) groups excluding carboxylic acids is 2. The third-order valence-electron chi connectivity index (χ3n) is 2.12. The van der Waals surface area contributed by atoms with E-state index in [0.717, 1.165) is 5.69 Å². The molecule has 0 atom stereocenters. The summed E-state index contributed by atoms with van der Waals surface area (Å²) in [5.41, 5.74) is 0.991. The quantitative estimate of drug-likeness (QED) is 0.470. The third kappa shape index (κ3) is 3.46. The minimum absolute atomic E-state index is 0.172. The zero-order valence-corrected chi connectivity index (χ0v) is 10.7. The van der Waals surface area contributed by atoms with Gasteiger partial charge >= 0.3 is 5.97 Å². The van der Waals surface area contributed by atoms with Gasteiger partial charge in [0.05, 0.1) is 6.61 Å². The zero-order chi connectivity index (χ0) is 13.0. The largest absolute Gasteiger partial charge is 0.460 e. The van der Waals surface area contributed by atoms with Crippen LogP contribution in [-0.2, 0) is 9.53 Å². The Labute approximate surface area is 105 Å². The number of nitrogens with zero attached hydrogens (tertiary/aromatic N) is 1. The lowest BCUT2D eigenvalue weighted by Crippen LogP contribution is -2.18. The summed E-state index contributed by atoms with van der Waals surface area (Å²) >= 11 is 5.89. The number of ether oxygens (including phenoxy) is 1. The Morgan fingerprint density at radius 2 is 1.94 bits per heavy atom. The molecule has 0 spiro atoms. The second-order valence-electron chi connectivity index (χ2n) is 3.64. The van der Waals surface area contributed by atoms with Crippen LogP contribution in [-0.4, -0.2) is 32.5 Å². The normalized spacial score (nSPS) is 9.88. The Bertz CT molecular complexity index is 443. The number of Topliss-reactive ketones (excluding diaryl/α,β-unsaturated/α-hetero) is 1. The van der Waals surface area contributed by atoms with E-state index in [0.29, 0.717) is 5.02 Å². The van der Waals surface area contributed by atoms with Crippen LogP contribution < -0.4 is 4.90 Å². The summed E-state index contributed by atoms with van der Waals surface area (Å²) in [6.45, 7) is 1.82. The molecule has 0 radical (unpaired) electrons. The van der Waals surface area contributed by atoms with Crippen LogP contribution in [0.4, 0.5) is 5.69 Å². The molecule has 0 aromatic heterocycles. The van der Waals surface area contributed by atoms with Crippen molar-refractivity contribution in [3.63, 3.8) is 0 Å². The molecule has 5 heteroatoms. The van der Waals surface area contributed by atoms with Gasteiger partial charge in [0.2, 0.25) is 0 Å². The summed E-state index contributed by atoms with van der Waals surface area (Å²) in [6, 6.07) is 4.77. The molecule has 0 heterocycles. The van der Waals surface area contributed by atoms with Gasteiger partial charge < -0.3 is 9.64 Å². The van der Waals surface area contributed by atoms with E-state index in [1.807, 2.05) is 14.1 Å². The lowest BCUT2D eigenvalue weighted by molar-refractivity contribution is -0.137. The summed E-state index contributed by atoms with van der Waals surface area (Å²) in [5, 5.41) is 0.406. The van der Waals surface area contributed by atoms with E-state index in [9.17, 15) is 9.59 Å². The first-order valence-electron chi connectivity index (χ1n) is 5.15. The molecule has 17 heavy (non-hydrogen) atoms. The summed E-state index contributed by atoms with van der Waals surface area (Å²) in [4.78, 5) is 24.8. The molecular weight excluding hydrogens is 242 g/mol. The Morgan fingerprint density at radius 1 is 1.29 bits per heavy atom. The second kappa shape index (κ2) is 5.68. The van der Waals surface area contributed by atoms with Crippen molar-refractivity contribution in [3.8, 4) is 0 Å². The minimum atomic E-state index is -0.862. The van der Waals surface area contributed by atoms with Crippen LogP contribution in [0.5, 0.6) is 0 Å². The van der Waals surface area contributed by atoms with Gasteiger partial charge in [0.15, 0.2) is 0 Å². The SMILES string of the molecule is CCOC(=O)C(=O)c1cc(Cl)cc(N(C)C)c1. The molecule has 0 aliphatic carbocycles. The standard InChI is InChI=1S/C12H14ClNO3/c1-4-17-12(16)11(15)8-5-9(13)7-10(6-8)14(2)3/h5-7H,4H2,1-3H3. The number of hydrogen-bond donors (Lipinski definition) is 0. The lowest BCUT2D eigenvalue weighted by Gasteiger charge is -2.13. The summed E-state index contributed by atoms with van der Waals surface area (Å²) in [7, 11) is 3.65. The average Bonchev–Trinajstić information content (AvgIpc) is 2.27. The van der Waals surface area contributed by atoms with E-state index in [1.54, 1.807) is 24.0 Å². The van der Waals surface area contributed by atoms with Crippen LogP contribution in [0.2, 0.25) is 5.02 Å². The number of esters is 1. The van der Waals surface area contributed by atoms with E-state index in [4.69, 9.17) is 11.6 Å². The number of carbonyl (C=O) groups is 2. The molecule has 0 fully saturated rings. The highest BCUT2D eigenvalue weighted by Crippen LogP contribution is 2.21. The fraction of sp³-hybridized carbons (Fsp3) is 0.333. The van der Waals surface area contributed by atoms with Gasteiger partial charge in [-0.2, -0.15) is 0 Å². The van der Waals surface area contributed by atoms with Gasteiger partial charge in [-0.25, -0.2) is 4.79 Å².